The summed E-state index contributed by atoms with van der Waals surface area (Å²) in [6.45, 7) is 2.67. The number of fused-ring (bicyclic) bond motifs is 1. The molecular formula is C20H20ClN3OS. The highest BCUT2D eigenvalue weighted by molar-refractivity contribution is 7.13. The van der Waals surface area contributed by atoms with Gasteiger partial charge in [-0.05, 0) is 66.8 Å². The lowest BCUT2D eigenvalue weighted by Crippen LogP contribution is -2.40. The molecule has 1 aliphatic rings. The van der Waals surface area contributed by atoms with E-state index in [1.165, 1.54) is 17.1 Å². The van der Waals surface area contributed by atoms with Crippen LogP contribution in [0.4, 0.5) is 5.69 Å². The molecule has 2 heterocycles. The number of aromatic nitrogens is 1. The van der Waals surface area contributed by atoms with E-state index >= 15 is 0 Å². The molecule has 1 N–H and O–H groups in total. The van der Waals surface area contributed by atoms with Crippen molar-refractivity contribution >= 4 is 44.8 Å². The molecule has 1 aliphatic heterocycles. The Morgan fingerprint density at radius 2 is 2.12 bits per heavy atom. The number of hydrogen-bond acceptors (Lipinski definition) is 4. The molecule has 4 rings (SSSR count). The molecule has 0 aliphatic carbocycles. The zero-order valence-corrected chi connectivity index (χ0v) is 15.9. The Morgan fingerprint density at radius 1 is 1.27 bits per heavy atom. The van der Waals surface area contributed by atoms with Crippen LogP contribution in [0.25, 0.3) is 10.1 Å². The van der Waals surface area contributed by atoms with Crippen molar-refractivity contribution < 1.29 is 4.79 Å². The number of nitrogens with one attached hydrogen (secondary N) is 1. The van der Waals surface area contributed by atoms with Crippen LogP contribution in [0.1, 0.15) is 18.4 Å². The molecule has 0 bridgehead atoms. The molecule has 1 aromatic heterocycles. The van der Waals surface area contributed by atoms with Crippen molar-refractivity contribution in [2.45, 2.75) is 19.4 Å². The highest BCUT2D eigenvalue weighted by atomic mass is 35.5. The molecular weight excluding hydrogens is 366 g/mol. The smallest absolute Gasteiger partial charge is 0.228 e. The highest BCUT2D eigenvalue weighted by Gasteiger charge is 2.26. The van der Waals surface area contributed by atoms with E-state index in [0.717, 1.165) is 53.3 Å². The van der Waals surface area contributed by atoms with E-state index in [2.05, 4.69) is 26.7 Å². The number of piperidine rings is 1. The van der Waals surface area contributed by atoms with Gasteiger partial charge in [0.1, 0.15) is 0 Å². The second-order valence-electron chi connectivity index (χ2n) is 6.77. The maximum Gasteiger partial charge on any atom is 0.228 e. The van der Waals surface area contributed by atoms with E-state index < -0.39 is 0 Å². The monoisotopic (exact) mass is 385 g/mol. The summed E-state index contributed by atoms with van der Waals surface area (Å²) in [5, 5.41) is 4.90. The van der Waals surface area contributed by atoms with E-state index in [9.17, 15) is 4.79 Å². The number of carbonyl (C=O) groups excluding carboxylic acids is 1. The summed E-state index contributed by atoms with van der Waals surface area (Å²) >= 11 is 7.42. The van der Waals surface area contributed by atoms with Gasteiger partial charge in [0.2, 0.25) is 5.91 Å². The van der Waals surface area contributed by atoms with Crippen LogP contribution in [-0.2, 0) is 11.3 Å². The minimum Gasteiger partial charge on any atom is -0.326 e. The fourth-order valence-corrected chi connectivity index (χ4v) is 4.21. The van der Waals surface area contributed by atoms with E-state index in [1.54, 1.807) is 0 Å². The standard InChI is InChI=1S/C20H20ClN3OS/c21-17-5-3-14(4-6-17)12-24-9-1-2-15(13-24)20(25)23-18-7-8-19-16(10-18)11-22-26-19/h3-8,10-11,15H,1-2,9,12-13H2,(H,23,25). The summed E-state index contributed by atoms with van der Waals surface area (Å²) in [6, 6.07) is 13.9. The van der Waals surface area contributed by atoms with Crippen LogP contribution in [0.5, 0.6) is 0 Å². The Labute approximate surface area is 161 Å². The number of nitrogens with zero attached hydrogens (tertiary/aromatic N) is 2. The summed E-state index contributed by atoms with van der Waals surface area (Å²) in [5.41, 5.74) is 2.07. The van der Waals surface area contributed by atoms with Gasteiger partial charge in [-0.2, -0.15) is 4.37 Å². The number of carbonyl (C=O) groups is 1. The van der Waals surface area contributed by atoms with E-state index in [-0.39, 0.29) is 11.8 Å². The second-order valence-corrected chi connectivity index (χ2v) is 8.04. The Balaban J connectivity index is 1.38. The van der Waals surface area contributed by atoms with Crippen molar-refractivity contribution in [1.29, 1.82) is 0 Å². The summed E-state index contributed by atoms with van der Waals surface area (Å²) in [6.07, 6.45) is 3.81. The molecule has 1 unspecified atom stereocenters. The molecule has 0 radical (unpaired) electrons. The van der Waals surface area contributed by atoms with Crippen molar-refractivity contribution in [1.82, 2.24) is 9.27 Å². The van der Waals surface area contributed by atoms with Gasteiger partial charge in [-0.3, -0.25) is 9.69 Å². The van der Waals surface area contributed by atoms with Crippen LogP contribution >= 0.6 is 23.1 Å². The van der Waals surface area contributed by atoms with Crippen LogP contribution in [0.3, 0.4) is 0 Å². The number of benzene rings is 2. The molecule has 26 heavy (non-hydrogen) atoms. The van der Waals surface area contributed by atoms with Crippen molar-refractivity contribution in [2.75, 3.05) is 18.4 Å². The van der Waals surface area contributed by atoms with Crippen LogP contribution < -0.4 is 5.32 Å². The normalized spacial score (nSPS) is 18.1. The Bertz CT molecular complexity index is 909. The number of anilines is 1. The van der Waals surface area contributed by atoms with Gasteiger partial charge in [0, 0.05) is 35.4 Å². The van der Waals surface area contributed by atoms with Crippen LogP contribution in [0.15, 0.2) is 48.7 Å². The topological polar surface area (TPSA) is 45.2 Å². The maximum absolute atomic E-state index is 12.7. The van der Waals surface area contributed by atoms with Crippen molar-refractivity contribution in [3.63, 3.8) is 0 Å². The van der Waals surface area contributed by atoms with Crippen molar-refractivity contribution in [3.05, 3.63) is 59.2 Å². The second kappa shape index (κ2) is 7.74. The Morgan fingerprint density at radius 3 is 2.96 bits per heavy atom. The summed E-state index contributed by atoms with van der Waals surface area (Å²) in [4.78, 5) is 15.1. The van der Waals surface area contributed by atoms with Crippen LogP contribution in [0, 0.1) is 5.92 Å². The zero-order valence-electron chi connectivity index (χ0n) is 14.3. The highest BCUT2D eigenvalue weighted by Crippen LogP contribution is 2.24. The number of amides is 1. The molecule has 3 aromatic rings. The minimum absolute atomic E-state index is 0.0207. The summed E-state index contributed by atoms with van der Waals surface area (Å²) in [7, 11) is 0. The van der Waals surface area contributed by atoms with Gasteiger partial charge in [0.05, 0.1) is 10.6 Å². The molecule has 0 spiro atoms. The van der Waals surface area contributed by atoms with Gasteiger partial charge in [-0.25, -0.2) is 0 Å². The Hall–Kier alpha value is -1.95. The lowest BCUT2D eigenvalue weighted by atomic mass is 9.96. The van der Waals surface area contributed by atoms with Gasteiger partial charge < -0.3 is 5.32 Å². The van der Waals surface area contributed by atoms with Gasteiger partial charge >= 0.3 is 0 Å². The summed E-state index contributed by atoms with van der Waals surface area (Å²) in [5.74, 6) is 0.126. The maximum atomic E-state index is 12.7. The number of rotatable bonds is 4. The van der Waals surface area contributed by atoms with Gasteiger partial charge in [-0.1, -0.05) is 23.7 Å². The largest absolute Gasteiger partial charge is 0.326 e. The number of halogens is 1. The fraction of sp³-hybridized carbons (Fsp3) is 0.300. The predicted octanol–water partition coefficient (Wildman–Crippen LogP) is 4.80. The van der Waals surface area contributed by atoms with Crippen LogP contribution in [0.2, 0.25) is 5.02 Å². The van der Waals surface area contributed by atoms with E-state index in [1.807, 2.05) is 36.5 Å². The van der Waals surface area contributed by atoms with Gasteiger partial charge in [0.25, 0.3) is 0 Å². The first-order valence-corrected chi connectivity index (χ1v) is 9.94. The third-order valence-electron chi connectivity index (χ3n) is 4.82. The van der Waals surface area contributed by atoms with Crippen LogP contribution in [-0.4, -0.2) is 28.3 Å². The average Bonchev–Trinajstić information content (AvgIpc) is 3.12. The Kier molecular flexibility index (Phi) is 5.20. The third-order valence-corrected chi connectivity index (χ3v) is 5.85. The fourth-order valence-electron chi connectivity index (χ4n) is 3.46. The molecule has 1 atom stereocenters. The molecule has 134 valence electrons. The SMILES string of the molecule is O=C(Nc1ccc2sncc2c1)C1CCCN(Cc2ccc(Cl)cc2)C1. The van der Waals surface area contributed by atoms with E-state index in [0.29, 0.717) is 0 Å². The van der Waals surface area contributed by atoms with Gasteiger partial charge in [0.15, 0.2) is 0 Å². The number of hydrogen-bond donors (Lipinski definition) is 1. The van der Waals surface area contributed by atoms with Gasteiger partial charge in [-0.15, -0.1) is 0 Å². The quantitative estimate of drug-likeness (QED) is 0.701. The summed E-state index contributed by atoms with van der Waals surface area (Å²) < 4.78 is 5.31. The average molecular weight is 386 g/mol. The first-order chi connectivity index (χ1) is 12.7. The predicted molar refractivity (Wildman–Crippen MR) is 108 cm³/mol. The minimum atomic E-state index is 0.0207. The lowest BCUT2D eigenvalue weighted by molar-refractivity contribution is -0.121. The molecule has 1 amide bonds. The van der Waals surface area contributed by atoms with Crippen molar-refractivity contribution in [3.8, 4) is 0 Å². The molecule has 2 aromatic carbocycles. The molecule has 1 saturated heterocycles. The zero-order chi connectivity index (χ0) is 17.9. The first-order valence-electron chi connectivity index (χ1n) is 8.79. The molecule has 1 fully saturated rings. The number of likely N-dealkylation sites (tertiary alicyclic amines) is 1. The van der Waals surface area contributed by atoms with Crippen molar-refractivity contribution in [2.24, 2.45) is 5.92 Å². The van der Waals surface area contributed by atoms with E-state index in [4.69, 9.17) is 11.6 Å². The first kappa shape index (κ1) is 17.5. The molecule has 6 heteroatoms. The molecule has 0 saturated carbocycles. The third kappa shape index (κ3) is 4.06. The molecule has 4 nitrogen and oxygen atoms in total. The lowest BCUT2D eigenvalue weighted by Gasteiger charge is -2.32.